The van der Waals surface area contributed by atoms with Crippen LogP contribution < -0.4 is 11.3 Å². The number of methoxy groups -OCH3 is 1. The van der Waals surface area contributed by atoms with Crippen molar-refractivity contribution >= 4 is 28.9 Å². The number of nitrogen functional groups attached to an aromatic ring is 1. The molecule has 0 spiro atoms. The Morgan fingerprint density at radius 1 is 1.50 bits per heavy atom. The van der Waals surface area contributed by atoms with Gasteiger partial charge >= 0.3 is 0 Å². The number of hydrogen-bond donors (Lipinski definition) is 3. The molecule has 2 aromatic rings. The molecule has 0 amide bonds. The number of thioether (sulfide) groups is 1. The van der Waals surface area contributed by atoms with E-state index in [1.54, 1.807) is 7.11 Å². The molecule has 2 rings (SSSR count). The number of anilines is 1. The van der Waals surface area contributed by atoms with Gasteiger partial charge < -0.3 is 15.5 Å². The van der Waals surface area contributed by atoms with Gasteiger partial charge in [-0.1, -0.05) is 11.8 Å². The normalized spacial score (nSPS) is 11.1. The number of aromatic nitrogens is 4. The van der Waals surface area contributed by atoms with E-state index < -0.39 is 0 Å². The molecule has 8 heteroatoms. The Kier molecular flexibility index (Phi) is 3.11. The minimum absolute atomic E-state index is 0. The lowest BCUT2D eigenvalue weighted by Gasteiger charge is -1.94. The van der Waals surface area contributed by atoms with Gasteiger partial charge in [0.05, 0.1) is 6.61 Å². The van der Waals surface area contributed by atoms with E-state index in [9.17, 15) is 4.79 Å². The summed E-state index contributed by atoms with van der Waals surface area (Å²) in [7, 11) is 1.63. The van der Waals surface area contributed by atoms with Gasteiger partial charge in [-0.15, -0.1) is 0 Å². The van der Waals surface area contributed by atoms with E-state index in [-0.39, 0.29) is 12.9 Å². The summed E-state index contributed by atoms with van der Waals surface area (Å²) in [6.45, 7) is 0.619. The topological polar surface area (TPSA) is 110 Å². The number of aromatic amines is 2. The monoisotopic (exact) mass is 243 g/mol. The van der Waals surface area contributed by atoms with Crippen LogP contribution in [-0.4, -0.2) is 39.4 Å². The van der Waals surface area contributed by atoms with Crippen LogP contribution in [-0.2, 0) is 4.74 Å². The van der Waals surface area contributed by atoms with Gasteiger partial charge in [0.1, 0.15) is 0 Å². The van der Waals surface area contributed by atoms with Crippen LogP contribution in [0.2, 0.25) is 0 Å². The lowest BCUT2D eigenvalue weighted by Crippen LogP contribution is -2.10. The number of imidazole rings is 1. The fourth-order valence-electron chi connectivity index (χ4n) is 1.19. The van der Waals surface area contributed by atoms with E-state index in [1.165, 1.54) is 11.8 Å². The van der Waals surface area contributed by atoms with E-state index in [1.807, 2.05) is 0 Å². The highest BCUT2D eigenvalue weighted by Crippen LogP contribution is 2.15. The summed E-state index contributed by atoms with van der Waals surface area (Å²) in [4.78, 5) is 24.8. The molecular weight excluding hydrogens is 230 g/mol. The maximum Gasteiger partial charge on any atom is 0.278 e. The Hall–Kier alpha value is -1.54. The standard InChI is InChI=1S/C8H11N5O2S.H2/c1-15-2-3-16-8-10-4-5(12-8)11-7(9)13-6(4)14;/h2-3H2,1H3,(H4,9,10,11,12,13,14);1H. The highest BCUT2D eigenvalue weighted by Gasteiger charge is 2.08. The Morgan fingerprint density at radius 3 is 3.06 bits per heavy atom. The number of nitrogens with two attached hydrogens (primary N) is 1. The Balaban J connectivity index is 0.00000144. The molecule has 88 valence electrons. The van der Waals surface area contributed by atoms with Gasteiger partial charge in [0.2, 0.25) is 5.95 Å². The van der Waals surface area contributed by atoms with Crippen molar-refractivity contribution in [2.75, 3.05) is 25.2 Å². The molecule has 2 heterocycles. The molecule has 0 saturated carbocycles. The van der Waals surface area contributed by atoms with Crippen LogP contribution in [0.4, 0.5) is 5.95 Å². The summed E-state index contributed by atoms with van der Waals surface area (Å²) in [6.07, 6.45) is 0. The first kappa shape index (κ1) is 11.0. The number of nitrogens with one attached hydrogen (secondary N) is 2. The summed E-state index contributed by atoms with van der Waals surface area (Å²) in [5.41, 5.74) is 5.77. The highest BCUT2D eigenvalue weighted by molar-refractivity contribution is 7.99. The molecule has 0 fully saturated rings. The number of hydrogen-bond acceptors (Lipinski definition) is 6. The van der Waals surface area contributed by atoms with Crippen molar-refractivity contribution < 1.29 is 6.16 Å². The zero-order valence-electron chi connectivity index (χ0n) is 8.61. The second-order valence-electron chi connectivity index (χ2n) is 3.03. The SMILES string of the molecule is COCCSc1nc2nc(N)[nH]c(=O)c2[nH]1.[HH]. The molecule has 2 aromatic heterocycles. The van der Waals surface area contributed by atoms with Gasteiger partial charge in [-0.3, -0.25) is 9.78 Å². The molecule has 0 saturated heterocycles. The number of rotatable bonds is 4. The number of H-pyrrole nitrogens is 2. The lowest BCUT2D eigenvalue weighted by atomic mass is 10.5. The van der Waals surface area contributed by atoms with E-state index >= 15 is 0 Å². The third-order valence-electron chi connectivity index (χ3n) is 1.88. The Labute approximate surface area is 96.3 Å². The van der Waals surface area contributed by atoms with Crippen molar-refractivity contribution in [3.63, 3.8) is 0 Å². The Bertz CT molecular complexity index is 554. The van der Waals surface area contributed by atoms with Crippen molar-refractivity contribution in [1.29, 1.82) is 0 Å². The van der Waals surface area contributed by atoms with Crippen LogP contribution in [0.25, 0.3) is 11.2 Å². The third kappa shape index (κ3) is 2.17. The van der Waals surface area contributed by atoms with Gasteiger partial charge in [-0.25, -0.2) is 4.98 Å². The molecule has 16 heavy (non-hydrogen) atoms. The zero-order chi connectivity index (χ0) is 11.5. The predicted octanol–water partition coefficient (Wildman–Crippen LogP) is 0.213. The van der Waals surface area contributed by atoms with E-state index in [0.29, 0.717) is 22.9 Å². The zero-order valence-corrected chi connectivity index (χ0v) is 9.43. The largest absolute Gasteiger partial charge is 0.384 e. The first-order chi connectivity index (χ1) is 7.70. The molecule has 0 aliphatic carbocycles. The third-order valence-corrected chi connectivity index (χ3v) is 2.72. The molecule has 0 radical (unpaired) electrons. The molecule has 0 aliphatic rings. The van der Waals surface area contributed by atoms with Crippen LogP contribution in [0.15, 0.2) is 9.95 Å². The number of fused-ring (bicyclic) bond motifs is 1. The molecular formula is C8H13N5O2S. The van der Waals surface area contributed by atoms with E-state index in [0.717, 1.165) is 5.75 Å². The Morgan fingerprint density at radius 2 is 2.31 bits per heavy atom. The predicted molar refractivity (Wildman–Crippen MR) is 63.6 cm³/mol. The lowest BCUT2D eigenvalue weighted by molar-refractivity contribution is 0.218. The second kappa shape index (κ2) is 4.54. The van der Waals surface area contributed by atoms with Gasteiger partial charge in [-0.2, -0.15) is 4.98 Å². The molecule has 0 bridgehead atoms. The van der Waals surface area contributed by atoms with Crippen LogP contribution in [0.5, 0.6) is 0 Å². The summed E-state index contributed by atoms with van der Waals surface area (Å²) in [5.74, 6) is 0.821. The molecule has 7 nitrogen and oxygen atoms in total. The average molecular weight is 243 g/mol. The summed E-state index contributed by atoms with van der Waals surface area (Å²) < 4.78 is 4.91. The van der Waals surface area contributed by atoms with Crippen molar-refractivity contribution in [1.82, 2.24) is 19.9 Å². The summed E-state index contributed by atoms with van der Waals surface area (Å²) >= 11 is 1.46. The first-order valence-corrected chi connectivity index (χ1v) is 5.56. The van der Waals surface area contributed by atoms with Crippen molar-refractivity contribution in [2.24, 2.45) is 0 Å². The average Bonchev–Trinajstić information content (AvgIpc) is 2.61. The van der Waals surface area contributed by atoms with Crippen LogP contribution in [0.1, 0.15) is 1.43 Å². The van der Waals surface area contributed by atoms with Gasteiger partial charge in [-0.05, 0) is 0 Å². The van der Waals surface area contributed by atoms with Crippen molar-refractivity contribution in [3.8, 4) is 0 Å². The molecule has 0 aromatic carbocycles. The fourth-order valence-corrected chi connectivity index (χ4v) is 1.96. The summed E-state index contributed by atoms with van der Waals surface area (Å²) in [6, 6.07) is 0. The first-order valence-electron chi connectivity index (χ1n) is 4.58. The number of ether oxygens (including phenoxy) is 1. The quantitative estimate of drug-likeness (QED) is 0.523. The van der Waals surface area contributed by atoms with Crippen LogP contribution >= 0.6 is 11.8 Å². The van der Waals surface area contributed by atoms with Crippen LogP contribution in [0, 0.1) is 0 Å². The minimum atomic E-state index is -0.311. The van der Waals surface area contributed by atoms with E-state index in [4.69, 9.17) is 10.5 Å². The van der Waals surface area contributed by atoms with Gasteiger partial charge in [0.15, 0.2) is 16.3 Å². The van der Waals surface area contributed by atoms with Crippen molar-refractivity contribution in [2.45, 2.75) is 5.16 Å². The highest BCUT2D eigenvalue weighted by atomic mass is 32.2. The molecule has 0 aliphatic heterocycles. The smallest absolute Gasteiger partial charge is 0.278 e. The fraction of sp³-hybridized carbons (Fsp3) is 0.375. The van der Waals surface area contributed by atoms with Gasteiger partial charge in [0.25, 0.3) is 5.56 Å². The molecule has 0 unspecified atom stereocenters. The molecule has 0 atom stereocenters. The van der Waals surface area contributed by atoms with E-state index in [2.05, 4.69) is 19.9 Å². The van der Waals surface area contributed by atoms with Crippen molar-refractivity contribution in [3.05, 3.63) is 10.4 Å². The maximum absolute atomic E-state index is 11.5. The van der Waals surface area contributed by atoms with Gasteiger partial charge in [0, 0.05) is 14.3 Å². The van der Waals surface area contributed by atoms with Crippen LogP contribution in [0.3, 0.4) is 0 Å². The molecule has 4 N–H and O–H groups in total. The minimum Gasteiger partial charge on any atom is -0.384 e. The summed E-state index contributed by atoms with van der Waals surface area (Å²) in [5, 5.41) is 0.635. The second-order valence-corrected chi connectivity index (χ2v) is 4.12. The maximum atomic E-state index is 11.5. The number of nitrogens with zero attached hydrogens (tertiary/aromatic N) is 2.